The van der Waals surface area contributed by atoms with Crippen LogP contribution in [0.3, 0.4) is 0 Å². The lowest BCUT2D eigenvalue weighted by Crippen LogP contribution is -2.36. The Morgan fingerprint density at radius 1 is 1.00 bits per heavy atom. The molecule has 1 saturated carbocycles. The topological polar surface area (TPSA) is 46.2 Å². The number of benzene rings is 1. The predicted molar refractivity (Wildman–Crippen MR) is 99.0 cm³/mol. The lowest BCUT2D eigenvalue weighted by Gasteiger charge is -2.32. The number of nitrogens with one attached hydrogen (secondary N) is 1. The van der Waals surface area contributed by atoms with Gasteiger partial charge < -0.3 is 5.32 Å². The summed E-state index contributed by atoms with van der Waals surface area (Å²) in [7, 11) is 0. The summed E-state index contributed by atoms with van der Waals surface area (Å²) in [6.45, 7) is 6.37. The van der Waals surface area contributed by atoms with Crippen molar-refractivity contribution in [3.8, 4) is 0 Å². The molecule has 1 aliphatic carbocycles. The molecule has 0 amide bonds. The fourth-order valence-corrected chi connectivity index (χ4v) is 3.79. The van der Waals surface area contributed by atoms with Gasteiger partial charge in [0.05, 0.1) is 0 Å². The van der Waals surface area contributed by atoms with Crippen LogP contribution >= 0.6 is 23.2 Å². The van der Waals surface area contributed by atoms with E-state index in [1.54, 1.807) is 18.2 Å². The predicted octanol–water partition coefficient (Wildman–Crippen LogP) is 4.80. The monoisotopic (exact) mass is 369 g/mol. The van der Waals surface area contributed by atoms with Gasteiger partial charge in [0.1, 0.15) is 17.5 Å². The lowest BCUT2D eigenvalue weighted by atomic mass is 9.70. The highest BCUT2D eigenvalue weighted by Gasteiger charge is 2.40. The van der Waals surface area contributed by atoms with Gasteiger partial charge in [-0.2, -0.15) is 0 Å². The van der Waals surface area contributed by atoms with E-state index < -0.39 is 5.92 Å². The molecule has 0 atom stereocenters. The third-order valence-electron chi connectivity index (χ3n) is 4.43. The van der Waals surface area contributed by atoms with Crippen LogP contribution < -0.4 is 5.32 Å². The average Bonchev–Trinajstić information content (AvgIpc) is 2.50. The van der Waals surface area contributed by atoms with Crippen LogP contribution in [0.4, 0.5) is 0 Å². The number of Topliss-reactive ketones (excluding diaryl/α,β-unsaturated/α-hetero) is 2. The Hall–Kier alpha value is -0.900. The lowest BCUT2D eigenvalue weighted by molar-refractivity contribution is -0.135. The van der Waals surface area contributed by atoms with Gasteiger partial charge in [-0.05, 0) is 49.0 Å². The fraction of sp³-hybridized carbons (Fsp3) is 0.579. The molecule has 0 aromatic heterocycles. The maximum absolute atomic E-state index is 12.1. The van der Waals surface area contributed by atoms with Crippen LogP contribution in [0, 0.1) is 5.41 Å². The standard InChI is InChI=1S/C14H14Cl2O2.C5H11N/c1-14(2)6-11(17)13(12(18)7-14)9-4-3-8(15)5-10(9)16;1-2-4-6-5-3-1/h3-5,13H,6-7H2,1-2H3;6H,1-5H2. The molecule has 2 aliphatic rings. The van der Waals surface area contributed by atoms with Crippen molar-refractivity contribution in [2.24, 2.45) is 5.41 Å². The Balaban J connectivity index is 0.000000292. The molecule has 0 unspecified atom stereocenters. The first-order valence-electron chi connectivity index (χ1n) is 8.51. The van der Waals surface area contributed by atoms with E-state index in [1.165, 1.54) is 32.4 Å². The van der Waals surface area contributed by atoms with E-state index in [0.29, 0.717) is 28.5 Å². The van der Waals surface area contributed by atoms with Gasteiger partial charge >= 0.3 is 0 Å². The summed E-state index contributed by atoms with van der Waals surface area (Å²) in [6.07, 6.45) is 5.03. The zero-order chi connectivity index (χ0) is 17.7. The molecule has 3 rings (SSSR count). The molecular weight excluding hydrogens is 345 g/mol. The highest BCUT2D eigenvalue weighted by Crippen LogP contribution is 2.40. The third-order valence-corrected chi connectivity index (χ3v) is 4.99. The van der Waals surface area contributed by atoms with Crippen molar-refractivity contribution in [3.63, 3.8) is 0 Å². The molecule has 24 heavy (non-hydrogen) atoms. The van der Waals surface area contributed by atoms with Gasteiger partial charge in [0.25, 0.3) is 0 Å². The van der Waals surface area contributed by atoms with E-state index in [1.807, 2.05) is 13.8 Å². The SMILES string of the molecule is C1CCNCC1.CC1(C)CC(=O)C(c2ccc(Cl)cc2Cl)C(=O)C1. The summed E-state index contributed by atoms with van der Waals surface area (Å²) < 4.78 is 0. The molecule has 132 valence electrons. The summed E-state index contributed by atoms with van der Waals surface area (Å²) >= 11 is 11.9. The van der Waals surface area contributed by atoms with Crippen LogP contribution in [0.25, 0.3) is 0 Å². The van der Waals surface area contributed by atoms with Crippen LogP contribution in [0.2, 0.25) is 10.0 Å². The molecule has 1 aromatic rings. The molecule has 0 radical (unpaired) electrons. The van der Waals surface area contributed by atoms with E-state index in [-0.39, 0.29) is 17.0 Å². The summed E-state index contributed by atoms with van der Waals surface area (Å²) in [5.41, 5.74) is 0.329. The highest BCUT2D eigenvalue weighted by molar-refractivity contribution is 6.35. The summed E-state index contributed by atoms with van der Waals surface area (Å²) in [5, 5.41) is 4.17. The molecule has 3 nitrogen and oxygen atoms in total. The highest BCUT2D eigenvalue weighted by atomic mass is 35.5. The number of halogens is 2. The Morgan fingerprint density at radius 2 is 1.58 bits per heavy atom. The first-order chi connectivity index (χ1) is 11.3. The van der Waals surface area contributed by atoms with Gasteiger partial charge in [0.15, 0.2) is 0 Å². The Bertz CT molecular complexity index is 578. The van der Waals surface area contributed by atoms with Gasteiger partial charge in [-0.25, -0.2) is 0 Å². The number of hydrogen-bond acceptors (Lipinski definition) is 3. The summed E-state index contributed by atoms with van der Waals surface area (Å²) in [6, 6.07) is 4.89. The third kappa shape index (κ3) is 5.30. The van der Waals surface area contributed by atoms with E-state index in [2.05, 4.69) is 5.32 Å². The second-order valence-corrected chi connectivity index (χ2v) is 8.20. The maximum Gasteiger partial charge on any atom is 0.148 e. The summed E-state index contributed by atoms with van der Waals surface area (Å²) in [5.74, 6) is -0.830. The normalized spacial score (nSPS) is 21.2. The molecule has 0 bridgehead atoms. The van der Waals surface area contributed by atoms with Crippen molar-refractivity contribution in [2.75, 3.05) is 13.1 Å². The minimum absolute atomic E-state index is 0.0551. The molecule has 2 fully saturated rings. The molecule has 5 heteroatoms. The second-order valence-electron chi connectivity index (χ2n) is 7.36. The molecule has 1 N–H and O–H groups in total. The van der Waals surface area contributed by atoms with E-state index in [9.17, 15) is 9.59 Å². The first-order valence-corrected chi connectivity index (χ1v) is 9.27. The minimum Gasteiger partial charge on any atom is -0.317 e. The van der Waals surface area contributed by atoms with Crippen LogP contribution in [0.1, 0.15) is 57.4 Å². The van der Waals surface area contributed by atoms with E-state index in [0.717, 1.165) is 0 Å². The number of carbonyl (C=O) groups is 2. The number of carbonyl (C=O) groups excluding carboxylic acids is 2. The number of rotatable bonds is 1. The van der Waals surface area contributed by atoms with Gasteiger partial charge in [-0.1, -0.05) is 49.5 Å². The minimum atomic E-state index is -0.720. The van der Waals surface area contributed by atoms with Crippen LogP contribution in [0.5, 0.6) is 0 Å². The van der Waals surface area contributed by atoms with Crippen molar-refractivity contribution in [2.45, 2.75) is 51.9 Å². The van der Waals surface area contributed by atoms with Crippen molar-refractivity contribution < 1.29 is 9.59 Å². The Labute approximate surface area is 154 Å². The second kappa shape index (κ2) is 8.46. The quantitative estimate of drug-likeness (QED) is 0.723. The van der Waals surface area contributed by atoms with Crippen molar-refractivity contribution in [1.29, 1.82) is 0 Å². The van der Waals surface area contributed by atoms with Crippen molar-refractivity contribution >= 4 is 34.8 Å². The largest absolute Gasteiger partial charge is 0.317 e. The first kappa shape index (κ1) is 19.4. The summed E-state index contributed by atoms with van der Waals surface area (Å²) in [4.78, 5) is 24.3. The Morgan fingerprint density at radius 3 is 2.00 bits per heavy atom. The van der Waals surface area contributed by atoms with Crippen LogP contribution in [0.15, 0.2) is 18.2 Å². The number of ketones is 2. The van der Waals surface area contributed by atoms with Crippen LogP contribution in [-0.2, 0) is 9.59 Å². The van der Waals surface area contributed by atoms with Gasteiger partial charge in [-0.15, -0.1) is 0 Å². The Kier molecular flexibility index (Phi) is 6.85. The van der Waals surface area contributed by atoms with Gasteiger partial charge in [0, 0.05) is 22.9 Å². The number of hydrogen-bond donors (Lipinski definition) is 1. The molecule has 1 aromatic carbocycles. The zero-order valence-electron chi connectivity index (χ0n) is 14.3. The van der Waals surface area contributed by atoms with Crippen molar-refractivity contribution in [1.82, 2.24) is 5.32 Å². The maximum atomic E-state index is 12.1. The molecule has 0 spiro atoms. The van der Waals surface area contributed by atoms with Gasteiger partial charge in [-0.3, -0.25) is 9.59 Å². The molecule has 1 saturated heterocycles. The number of piperidine rings is 1. The molecular formula is C19H25Cl2NO2. The smallest absolute Gasteiger partial charge is 0.148 e. The van der Waals surface area contributed by atoms with Crippen molar-refractivity contribution in [3.05, 3.63) is 33.8 Å². The zero-order valence-corrected chi connectivity index (χ0v) is 15.8. The average molecular weight is 370 g/mol. The molecule has 1 aliphatic heterocycles. The van der Waals surface area contributed by atoms with Crippen LogP contribution in [-0.4, -0.2) is 24.7 Å². The fourth-order valence-electron chi connectivity index (χ4n) is 3.27. The molecule has 1 heterocycles. The van der Waals surface area contributed by atoms with Gasteiger partial charge in [0.2, 0.25) is 0 Å². The van der Waals surface area contributed by atoms with E-state index >= 15 is 0 Å². The van der Waals surface area contributed by atoms with E-state index in [4.69, 9.17) is 23.2 Å².